The van der Waals surface area contributed by atoms with Crippen LogP contribution in [-0.2, 0) is 0 Å². The number of rotatable bonds is 5. The molecule has 1 heterocycles. The van der Waals surface area contributed by atoms with Gasteiger partial charge in [-0.2, -0.15) is 0 Å². The lowest BCUT2D eigenvalue weighted by molar-refractivity contribution is 0.0769. The van der Waals surface area contributed by atoms with E-state index in [4.69, 9.17) is 5.73 Å². The van der Waals surface area contributed by atoms with E-state index in [9.17, 15) is 4.79 Å². The molecule has 0 saturated heterocycles. The predicted molar refractivity (Wildman–Crippen MR) is 76.4 cm³/mol. The Morgan fingerprint density at radius 1 is 1.21 bits per heavy atom. The van der Waals surface area contributed by atoms with E-state index in [1.807, 2.05) is 60.3 Å². The molecule has 1 aromatic carbocycles. The maximum Gasteiger partial charge on any atom is 0.253 e. The van der Waals surface area contributed by atoms with Crippen LogP contribution in [0.5, 0.6) is 0 Å². The summed E-state index contributed by atoms with van der Waals surface area (Å²) in [5, 5.41) is 0. The molecule has 0 radical (unpaired) electrons. The number of carbonyl (C=O) groups excluding carboxylic acids is 1. The van der Waals surface area contributed by atoms with E-state index in [0.717, 1.165) is 5.69 Å². The number of hydrogen-bond donors (Lipinski definition) is 1. The first kappa shape index (κ1) is 13.4. The molecule has 0 aliphatic rings. The Kier molecular flexibility index (Phi) is 4.36. The molecule has 2 rings (SSSR count). The smallest absolute Gasteiger partial charge is 0.253 e. The fourth-order valence-corrected chi connectivity index (χ4v) is 2.02. The highest BCUT2D eigenvalue weighted by molar-refractivity contribution is 5.94. The van der Waals surface area contributed by atoms with Gasteiger partial charge in [-0.1, -0.05) is 0 Å². The van der Waals surface area contributed by atoms with Crippen LogP contribution in [0.4, 0.5) is 0 Å². The van der Waals surface area contributed by atoms with Crippen LogP contribution in [0.1, 0.15) is 17.3 Å². The maximum absolute atomic E-state index is 12.2. The van der Waals surface area contributed by atoms with Crippen molar-refractivity contribution in [1.82, 2.24) is 9.47 Å². The van der Waals surface area contributed by atoms with E-state index in [2.05, 4.69) is 0 Å². The average Bonchev–Trinajstić information content (AvgIpc) is 2.98. The molecule has 19 heavy (non-hydrogen) atoms. The van der Waals surface area contributed by atoms with E-state index < -0.39 is 0 Å². The monoisotopic (exact) mass is 257 g/mol. The lowest BCUT2D eigenvalue weighted by atomic mass is 10.1. The van der Waals surface area contributed by atoms with Gasteiger partial charge in [0.2, 0.25) is 0 Å². The van der Waals surface area contributed by atoms with Gasteiger partial charge in [0.05, 0.1) is 0 Å². The molecular weight excluding hydrogens is 238 g/mol. The highest BCUT2D eigenvalue weighted by atomic mass is 16.2. The van der Waals surface area contributed by atoms with Gasteiger partial charge in [-0.3, -0.25) is 4.79 Å². The standard InChI is InChI=1S/C15H19N3O/c1-2-17(12-9-16)15(19)13-5-7-14(8-6-13)18-10-3-4-11-18/h3-8,10-11H,2,9,12,16H2,1H3. The highest BCUT2D eigenvalue weighted by Gasteiger charge is 2.12. The lowest BCUT2D eigenvalue weighted by Crippen LogP contribution is -2.35. The van der Waals surface area contributed by atoms with Crippen molar-refractivity contribution in [2.45, 2.75) is 6.92 Å². The summed E-state index contributed by atoms with van der Waals surface area (Å²) in [4.78, 5) is 14.0. The van der Waals surface area contributed by atoms with Gasteiger partial charge in [0.1, 0.15) is 0 Å². The summed E-state index contributed by atoms with van der Waals surface area (Å²) >= 11 is 0. The predicted octanol–water partition coefficient (Wildman–Crippen LogP) is 1.90. The Morgan fingerprint density at radius 3 is 2.37 bits per heavy atom. The average molecular weight is 257 g/mol. The molecule has 1 amide bonds. The van der Waals surface area contributed by atoms with Crippen LogP contribution in [0.2, 0.25) is 0 Å². The summed E-state index contributed by atoms with van der Waals surface area (Å²) in [6.07, 6.45) is 3.95. The van der Waals surface area contributed by atoms with Crippen LogP contribution in [0.3, 0.4) is 0 Å². The lowest BCUT2D eigenvalue weighted by Gasteiger charge is -2.20. The van der Waals surface area contributed by atoms with Crippen LogP contribution < -0.4 is 5.73 Å². The van der Waals surface area contributed by atoms with Crippen molar-refractivity contribution in [1.29, 1.82) is 0 Å². The van der Waals surface area contributed by atoms with Crippen LogP contribution in [0.15, 0.2) is 48.8 Å². The first-order valence-electron chi connectivity index (χ1n) is 6.49. The van der Waals surface area contributed by atoms with E-state index in [0.29, 0.717) is 25.2 Å². The van der Waals surface area contributed by atoms with Crippen molar-refractivity contribution < 1.29 is 4.79 Å². The molecule has 4 heteroatoms. The maximum atomic E-state index is 12.2. The number of nitrogens with zero attached hydrogens (tertiary/aromatic N) is 2. The Hall–Kier alpha value is -2.07. The molecule has 0 spiro atoms. The molecule has 2 N–H and O–H groups in total. The SMILES string of the molecule is CCN(CCN)C(=O)c1ccc(-n2cccc2)cc1. The van der Waals surface area contributed by atoms with Crippen LogP contribution in [0, 0.1) is 0 Å². The van der Waals surface area contributed by atoms with E-state index in [1.165, 1.54) is 0 Å². The third kappa shape index (κ3) is 3.03. The van der Waals surface area contributed by atoms with Crippen molar-refractivity contribution in [2.75, 3.05) is 19.6 Å². The second kappa shape index (κ2) is 6.20. The zero-order chi connectivity index (χ0) is 13.7. The summed E-state index contributed by atoms with van der Waals surface area (Å²) in [6.45, 7) is 3.72. The molecule has 0 fully saturated rings. The Balaban J connectivity index is 2.16. The molecule has 1 aromatic heterocycles. The molecule has 0 aliphatic heterocycles. The third-order valence-corrected chi connectivity index (χ3v) is 3.08. The Labute approximate surface area is 113 Å². The Morgan fingerprint density at radius 2 is 1.84 bits per heavy atom. The van der Waals surface area contributed by atoms with Crippen molar-refractivity contribution >= 4 is 5.91 Å². The van der Waals surface area contributed by atoms with Crippen molar-refractivity contribution in [2.24, 2.45) is 5.73 Å². The van der Waals surface area contributed by atoms with Crippen LogP contribution in [0.25, 0.3) is 5.69 Å². The van der Waals surface area contributed by atoms with Crippen LogP contribution in [-0.4, -0.2) is 35.0 Å². The van der Waals surface area contributed by atoms with Crippen molar-refractivity contribution in [3.63, 3.8) is 0 Å². The van der Waals surface area contributed by atoms with Crippen molar-refractivity contribution in [3.05, 3.63) is 54.4 Å². The number of carbonyl (C=O) groups is 1. The minimum absolute atomic E-state index is 0.0343. The topological polar surface area (TPSA) is 51.3 Å². The summed E-state index contributed by atoms with van der Waals surface area (Å²) in [6, 6.07) is 11.6. The second-order valence-electron chi connectivity index (χ2n) is 4.31. The summed E-state index contributed by atoms with van der Waals surface area (Å²) < 4.78 is 2.01. The first-order valence-corrected chi connectivity index (χ1v) is 6.49. The summed E-state index contributed by atoms with van der Waals surface area (Å²) in [5.41, 5.74) is 7.26. The quantitative estimate of drug-likeness (QED) is 0.889. The van der Waals surface area contributed by atoms with Gasteiger partial charge in [0.25, 0.3) is 5.91 Å². The molecular formula is C15H19N3O. The number of benzene rings is 1. The van der Waals surface area contributed by atoms with Gasteiger partial charge >= 0.3 is 0 Å². The zero-order valence-electron chi connectivity index (χ0n) is 11.1. The van der Waals surface area contributed by atoms with Gasteiger partial charge in [0.15, 0.2) is 0 Å². The minimum atomic E-state index is 0.0343. The molecule has 4 nitrogen and oxygen atoms in total. The molecule has 0 unspecified atom stereocenters. The van der Waals surface area contributed by atoms with Gasteiger partial charge in [-0.15, -0.1) is 0 Å². The largest absolute Gasteiger partial charge is 0.338 e. The molecule has 100 valence electrons. The van der Waals surface area contributed by atoms with Crippen LogP contribution >= 0.6 is 0 Å². The van der Waals surface area contributed by atoms with E-state index in [1.54, 1.807) is 4.90 Å². The number of aromatic nitrogens is 1. The fourth-order valence-electron chi connectivity index (χ4n) is 2.02. The summed E-state index contributed by atoms with van der Waals surface area (Å²) in [5.74, 6) is 0.0343. The fraction of sp³-hybridized carbons (Fsp3) is 0.267. The number of amides is 1. The van der Waals surface area contributed by atoms with Gasteiger partial charge in [-0.25, -0.2) is 0 Å². The Bertz CT molecular complexity index is 517. The number of hydrogen-bond acceptors (Lipinski definition) is 2. The van der Waals surface area contributed by atoms with Gasteiger partial charge in [0, 0.05) is 43.3 Å². The molecule has 0 bridgehead atoms. The van der Waals surface area contributed by atoms with Gasteiger partial charge in [-0.05, 0) is 43.3 Å². The third-order valence-electron chi connectivity index (χ3n) is 3.08. The summed E-state index contributed by atoms with van der Waals surface area (Å²) in [7, 11) is 0. The number of likely N-dealkylation sites (N-methyl/N-ethyl adjacent to an activating group) is 1. The molecule has 2 aromatic rings. The van der Waals surface area contributed by atoms with E-state index in [-0.39, 0.29) is 5.91 Å². The minimum Gasteiger partial charge on any atom is -0.338 e. The van der Waals surface area contributed by atoms with Crippen molar-refractivity contribution in [3.8, 4) is 5.69 Å². The number of nitrogens with two attached hydrogens (primary N) is 1. The zero-order valence-corrected chi connectivity index (χ0v) is 11.1. The molecule has 0 saturated carbocycles. The first-order chi connectivity index (χ1) is 9.26. The highest BCUT2D eigenvalue weighted by Crippen LogP contribution is 2.11. The van der Waals surface area contributed by atoms with Gasteiger partial charge < -0.3 is 15.2 Å². The second-order valence-corrected chi connectivity index (χ2v) is 4.31. The van der Waals surface area contributed by atoms with E-state index >= 15 is 0 Å². The molecule has 0 atom stereocenters. The molecule has 0 aliphatic carbocycles. The normalized spacial score (nSPS) is 10.4.